The molecule has 0 saturated heterocycles. The summed E-state index contributed by atoms with van der Waals surface area (Å²) in [7, 11) is -1.98. The SMILES string of the molecule is Cc1ccc(S(=O)(=O)N(C)C[C@H]2COc3ccccc3O2)cc1. The van der Waals surface area contributed by atoms with E-state index in [4.69, 9.17) is 9.47 Å². The number of hydrogen-bond donors (Lipinski definition) is 0. The molecule has 1 heterocycles. The number of likely N-dealkylation sites (N-methyl/N-ethyl adjacent to an activating group) is 1. The van der Waals surface area contributed by atoms with Gasteiger partial charge < -0.3 is 9.47 Å². The highest BCUT2D eigenvalue weighted by molar-refractivity contribution is 7.89. The highest BCUT2D eigenvalue weighted by Gasteiger charge is 2.27. The summed E-state index contributed by atoms with van der Waals surface area (Å²) in [4.78, 5) is 0.280. The van der Waals surface area contributed by atoms with Crippen molar-refractivity contribution in [3.63, 3.8) is 0 Å². The number of rotatable bonds is 4. The summed E-state index contributed by atoms with van der Waals surface area (Å²) < 4.78 is 37.9. The molecule has 6 heteroatoms. The monoisotopic (exact) mass is 333 g/mol. The van der Waals surface area contributed by atoms with Gasteiger partial charge in [-0.2, -0.15) is 4.31 Å². The standard InChI is InChI=1S/C17H19NO4S/c1-13-7-9-15(10-8-13)23(19,20)18(2)11-14-12-21-16-5-3-4-6-17(16)22-14/h3-10,14H,11-12H2,1-2H3/t14-/m0/s1. The lowest BCUT2D eigenvalue weighted by Crippen LogP contribution is -2.41. The van der Waals surface area contributed by atoms with E-state index in [0.29, 0.717) is 18.1 Å². The Morgan fingerprint density at radius 3 is 2.43 bits per heavy atom. The van der Waals surface area contributed by atoms with Gasteiger partial charge in [0.25, 0.3) is 0 Å². The lowest BCUT2D eigenvalue weighted by Gasteiger charge is -2.29. The van der Waals surface area contributed by atoms with Crippen LogP contribution >= 0.6 is 0 Å². The normalized spacial score (nSPS) is 17.3. The average Bonchev–Trinajstić information content (AvgIpc) is 2.55. The molecule has 1 aliphatic rings. The minimum absolute atomic E-state index is 0.227. The number of sulfonamides is 1. The number of hydrogen-bond acceptors (Lipinski definition) is 4. The topological polar surface area (TPSA) is 55.8 Å². The van der Waals surface area contributed by atoms with Gasteiger partial charge in [0, 0.05) is 7.05 Å². The first kappa shape index (κ1) is 15.8. The molecule has 1 aliphatic heterocycles. The van der Waals surface area contributed by atoms with Crippen molar-refractivity contribution in [2.45, 2.75) is 17.9 Å². The van der Waals surface area contributed by atoms with Crippen LogP contribution in [0, 0.1) is 6.92 Å². The van der Waals surface area contributed by atoms with Gasteiger partial charge in [0.05, 0.1) is 11.4 Å². The molecule has 5 nitrogen and oxygen atoms in total. The molecule has 0 N–H and O–H groups in total. The number of nitrogens with zero attached hydrogens (tertiary/aromatic N) is 1. The van der Waals surface area contributed by atoms with Gasteiger partial charge in [-0.1, -0.05) is 29.8 Å². The smallest absolute Gasteiger partial charge is 0.242 e. The summed E-state index contributed by atoms with van der Waals surface area (Å²) in [6.45, 7) is 2.47. The van der Waals surface area contributed by atoms with E-state index in [1.54, 1.807) is 31.3 Å². The first-order valence-electron chi connectivity index (χ1n) is 7.38. The zero-order valence-electron chi connectivity index (χ0n) is 13.1. The van der Waals surface area contributed by atoms with Crippen molar-refractivity contribution in [1.82, 2.24) is 4.31 Å². The molecule has 0 aliphatic carbocycles. The maximum Gasteiger partial charge on any atom is 0.242 e. The zero-order valence-corrected chi connectivity index (χ0v) is 13.9. The maximum absolute atomic E-state index is 12.6. The first-order valence-corrected chi connectivity index (χ1v) is 8.82. The van der Waals surface area contributed by atoms with Gasteiger partial charge in [-0.05, 0) is 31.2 Å². The van der Waals surface area contributed by atoms with Crippen molar-refractivity contribution >= 4 is 10.0 Å². The fourth-order valence-electron chi connectivity index (χ4n) is 2.43. The molecule has 2 aromatic rings. The van der Waals surface area contributed by atoms with E-state index in [1.165, 1.54) is 4.31 Å². The molecule has 0 unspecified atom stereocenters. The molecule has 2 aromatic carbocycles. The van der Waals surface area contributed by atoms with Crippen LogP contribution in [0.5, 0.6) is 11.5 Å². The Labute approximate surface area is 136 Å². The summed E-state index contributed by atoms with van der Waals surface area (Å²) in [6, 6.07) is 14.2. The van der Waals surface area contributed by atoms with E-state index in [9.17, 15) is 8.42 Å². The van der Waals surface area contributed by atoms with Gasteiger partial charge in [0.1, 0.15) is 12.7 Å². The van der Waals surface area contributed by atoms with Crippen molar-refractivity contribution in [1.29, 1.82) is 0 Å². The van der Waals surface area contributed by atoms with Gasteiger partial charge in [0.2, 0.25) is 10.0 Å². The third-order valence-corrected chi connectivity index (χ3v) is 5.60. The van der Waals surface area contributed by atoms with Crippen molar-refractivity contribution in [2.75, 3.05) is 20.2 Å². The highest BCUT2D eigenvalue weighted by Crippen LogP contribution is 2.31. The van der Waals surface area contributed by atoms with E-state index in [2.05, 4.69) is 0 Å². The molecule has 0 aromatic heterocycles. The van der Waals surface area contributed by atoms with E-state index >= 15 is 0 Å². The molecule has 0 spiro atoms. The van der Waals surface area contributed by atoms with Gasteiger partial charge in [-0.3, -0.25) is 0 Å². The van der Waals surface area contributed by atoms with Crippen molar-refractivity contribution in [2.24, 2.45) is 0 Å². The second-order valence-corrected chi connectivity index (χ2v) is 7.64. The summed E-state index contributed by atoms with van der Waals surface area (Å²) in [6.07, 6.45) is -0.338. The van der Waals surface area contributed by atoms with Gasteiger partial charge in [0.15, 0.2) is 11.5 Å². The van der Waals surface area contributed by atoms with Crippen LogP contribution in [0.25, 0.3) is 0 Å². The quantitative estimate of drug-likeness (QED) is 0.862. The fraction of sp³-hybridized carbons (Fsp3) is 0.294. The molecule has 0 saturated carbocycles. The second kappa shape index (κ2) is 6.22. The Morgan fingerprint density at radius 2 is 1.74 bits per heavy atom. The van der Waals surface area contributed by atoms with Crippen LogP contribution in [0.1, 0.15) is 5.56 Å². The van der Waals surface area contributed by atoms with Crippen LogP contribution in [0.2, 0.25) is 0 Å². The Balaban J connectivity index is 1.72. The number of fused-ring (bicyclic) bond motifs is 1. The lowest BCUT2D eigenvalue weighted by molar-refractivity contribution is 0.0798. The number of aryl methyl sites for hydroxylation is 1. The number of ether oxygens (including phenoxy) is 2. The predicted octanol–water partition coefficient (Wildman–Crippen LogP) is 2.46. The average molecular weight is 333 g/mol. The van der Waals surface area contributed by atoms with E-state index < -0.39 is 10.0 Å². The zero-order chi connectivity index (χ0) is 16.4. The van der Waals surface area contributed by atoms with Crippen molar-refractivity contribution in [3.8, 4) is 11.5 Å². The minimum atomic E-state index is -3.53. The summed E-state index contributed by atoms with van der Waals surface area (Å²) in [5.74, 6) is 1.33. The third kappa shape index (κ3) is 3.33. The van der Waals surface area contributed by atoms with E-state index in [0.717, 1.165) is 5.56 Å². The summed E-state index contributed by atoms with van der Waals surface area (Å²) >= 11 is 0. The fourth-order valence-corrected chi connectivity index (χ4v) is 3.63. The molecule has 0 bridgehead atoms. The third-order valence-electron chi connectivity index (χ3n) is 3.76. The molecule has 122 valence electrons. The molecule has 0 fully saturated rings. The van der Waals surface area contributed by atoms with Crippen LogP contribution in [0.4, 0.5) is 0 Å². The Hall–Kier alpha value is -2.05. The summed E-state index contributed by atoms with van der Waals surface area (Å²) in [5, 5.41) is 0. The van der Waals surface area contributed by atoms with Crippen LogP contribution in [0.15, 0.2) is 53.4 Å². The van der Waals surface area contributed by atoms with Crippen molar-refractivity contribution in [3.05, 3.63) is 54.1 Å². The molecule has 0 amide bonds. The Kier molecular flexibility index (Phi) is 4.28. The van der Waals surface area contributed by atoms with Crippen LogP contribution < -0.4 is 9.47 Å². The van der Waals surface area contributed by atoms with Gasteiger partial charge >= 0.3 is 0 Å². The minimum Gasteiger partial charge on any atom is -0.486 e. The van der Waals surface area contributed by atoms with Gasteiger partial charge in [-0.15, -0.1) is 0 Å². The van der Waals surface area contributed by atoms with Crippen LogP contribution in [0.3, 0.4) is 0 Å². The molecular formula is C17H19NO4S. The summed E-state index contributed by atoms with van der Waals surface area (Å²) in [5.41, 5.74) is 1.02. The number of para-hydroxylation sites is 2. The molecule has 3 rings (SSSR count). The maximum atomic E-state index is 12.6. The second-order valence-electron chi connectivity index (χ2n) is 5.60. The largest absolute Gasteiger partial charge is 0.486 e. The molecule has 0 radical (unpaired) electrons. The predicted molar refractivity (Wildman–Crippen MR) is 87.3 cm³/mol. The Bertz CT molecular complexity index is 786. The van der Waals surface area contributed by atoms with Crippen LogP contribution in [-0.2, 0) is 10.0 Å². The first-order chi connectivity index (χ1) is 11.0. The molecule has 23 heavy (non-hydrogen) atoms. The van der Waals surface area contributed by atoms with Gasteiger partial charge in [-0.25, -0.2) is 8.42 Å². The number of benzene rings is 2. The molecule has 1 atom stereocenters. The lowest BCUT2D eigenvalue weighted by atomic mass is 10.2. The Morgan fingerprint density at radius 1 is 1.09 bits per heavy atom. The van der Waals surface area contributed by atoms with E-state index in [1.807, 2.05) is 31.2 Å². The molecular weight excluding hydrogens is 314 g/mol. The van der Waals surface area contributed by atoms with Crippen molar-refractivity contribution < 1.29 is 17.9 Å². The van der Waals surface area contributed by atoms with E-state index in [-0.39, 0.29) is 17.5 Å². The highest BCUT2D eigenvalue weighted by atomic mass is 32.2. The van der Waals surface area contributed by atoms with Crippen LogP contribution in [-0.4, -0.2) is 39.0 Å².